The van der Waals surface area contributed by atoms with E-state index in [2.05, 4.69) is 15.4 Å². The zero-order valence-corrected chi connectivity index (χ0v) is 13.8. The molecule has 0 aromatic carbocycles. The van der Waals surface area contributed by atoms with Crippen molar-refractivity contribution in [2.24, 2.45) is 0 Å². The number of nitrogens with zero attached hydrogens (tertiary/aromatic N) is 4. The molecule has 8 nitrogen and oxygen atoms in total. The first-order chi connectivity index (χ1) is 10.8. The van der Waals surface area contributed by atoms with E-state index in [4.69, 9.17) is 0 Å². The maximum absolute atomic E-state index is 13.0. The largest absolute Gasteiger partial charge is 0.307 e. The predicted molar refractivity (Wildman–Crippen MR) is 84.6 cm³/mol. The lowest BCUT2D eigenvalue weighted by atomic mass is 10.2. The summed E-state index contributed by atoms with van der Waals surface area (Å²) >= 11 is 0. The molecular formula is C14H17N5O3S. The van der Waals surface area contributed by atoms with Crippen LogP contribution in [0.2, 0.25) is 0 Å². The number of fused-ring (bicyclic) bond motifs is 1. The van der Waals surface area contributed by atoms with Gasteiger partial charge in [0, 0.05) is 18.4 Å². The fourth-order valence-electron chi connectivity index (χ4n) is 2.39. The van der Waals surface area contributed by atoms with Crippen molar-refractivity contribution in [2.75, 3.05) is 9.62 Å². The summed E-state index contributed by atoms with van der Waals surface area (Å²) in [7, 11) is -3.92. The minimum atomic E-state index is -3.92. The Balaban J connectivity index is 2.13. The van der Waals surface area contributed by atoms with Crippen LogP contribution in [0.15, 0.2) is 35.6 Å². The SMILES string of the molecule is CC1C(=O)Nc2ncccc2N1S(=O)(=O)c1cnn(C(C)C)c1. The average molecular weight is 335 g/mol. The molecule has 0 radical (unpaired) electrons. The fourth-order valence-corrected chi connectivity index (χ4v) is 3.96. The third kappa shape index (κ3) is 2.46. The van der Waals surface area contributed by atoms with E-state index in [0.717, 1.165) is 4.31 Å². The number of nitrogens with one attached hydrogen (secondary N) is 1. The second-order valence-corrected chi connectivity index (χ2v) is 7.40. The lowest BCUT2D eigenvalue weighted by molar-refractivity contribution is -0.117. The lowest BCUT2D eigenvalue weighted by Gasteiger charge is -2.33. The molecule has 3 rings (SSSR count). The van der Waals surface area contributed by atoms with Crippen molar-refractivity contribution in [1.29, 1.82) is 0 Å². The van der Waals surface area contributed by atoms with Crippen molar-refractivity contribution in [3.63, 3.8) is 0 Å². The maximum Gasteiger partial charge on any atom is 0.268 e. The van der Waals surface area contributed by atoms with E-state index >= 15 is 0 Å². The van der Waals surface area contributed by atoms with Crippen molar-refractivity contribution in [1.82, 2.24) is 14.8 Å². The van der Waals surface area contributed by atoms with Gasteiger partial charge in [0.25, 0.3) is 10.0 Å². The summed E-state index contributed by atoms with van der Waals surface area (Å²) in [5.74, 6) is -0.188. The van der Waals surface area contributed by atoms with Gasteiger partial charge in [0.2, 0.25) is 5.91 Å². The zero-order chi connectivity index (χ0) is 16.8. The van der Waals surface area contributed by atoms with E-state index in [1.54, 1.807) is 16.8 Å². The van der Waals surface area contributed by atoms with Crippen molar-refractivity contribution in [3.8, 4) is 0 Å². The molecule has 2 aromatic rings. The van der Waals surface area contributed by atoms with Gasteiger partial charge in [-0.1, -0.05) is 0 Å². The summed E-state index contributed by atoms with van der Waals surface area (Å²) in [6, 6.07) is 2.40. The molecule has 23 heavy (non-hydrogen) atoms. The first-order valence-electron chi connectivity index (χ1n) is 7.17. The number of carbonyl (C=O) groups excluding carboxylic acids is 1. The highest BCUT2D eigenvalue weighted by molar-refractivity contribution is 7.93. The van der Waals surface area contributed by atoms with Gasteiger partial charge >= 0.3 is 0 Å². The highest BCUT2D eigenvalue weighted by atomic mass is 32.2. The molecule has 0 saturated carbocycles. The standard InChI is InChI=1S/C14H17N5O3S/c1-9(2)18-8-11(7-16-18)23(21,22)19-10(3)14(20)17-13-12(19)5-4-6-15-13/h4-10H,1-3H3,(H,15,17,20). The smallest absolute Gasteiger partial charge is 0.268 e. The van der Waals surface area contributed by atoms with Gasteiger partial charge in [0.1, 0.15) is 10.9 Å². The summed E-state index contributed by atoms with van der Waals surface area (Å²) in [6.07, 6.45) is 4.26. The lowest BCUT2D eigenvalue weighted by Crippen LogP contribution is -2.49. The molecule has 1 aliphatic rings. The summed E-state index contributed by atoms with van der Waals surface area (Å²) in [4.78, 5) is 16.2. The van der Waals surface area contributed by atoms with Crippen LogP contribution in [0.3, 0.4) is 0 Å². The summed E-state index contributed by atoms with van der Waals surface area (Å²) < 4.78 is 28.7. The molecule has 0 bridgehead atoms. The molecule has 122 valence electrons. The molecule has 1 N–H and O–H groups in total. The van der Waals surface area contributed by atoms with Gasteiger partial charge < -0.3 is 5.32 Å². The highest BCUT2D eigenvalue weighted by Gasteiger charge is 2.39. The summed E-state index contributed by atoms with van der Waals surface area (Å²) in [5.41, 5.74) is 0.344. The van der Waals surface area contributed by atoms with E-state index < -0.39 is 22.0 Å². The Morgan fingerprint density at radius 2 is 2.09 bits per heavy atom. The van der Waals surface area contributed by atoms with Gasteiger partial charge in [-0.05, 0) is 32.9 Å². The maximum atomic E-state index is 13.0. The minimum Gasteiger partial charge on any atom is -0.307 e. The Morgan fingerprint density at radius 1 is 1.35 bits per heavy atom. The van der Waals surface area contributed by atoms with Gasteiger partial charge in [0.15, 0.2) is 5.82 Å². The number of carbonyl (C=O) groups is 1. The van der Waals surface area contributed by atoms with Crippen LogP contribution in [0.1, 0.15) is 26.8 Å². The van der Waals surface area contributed by atoms with Crippen LogP contribution in [0.25, 0.3) is 0 Å². The Hall–Kier alpha value is -2.42. The topological polar surface area (TPSA) is 97.2 Å². The Labute approximate surface area is 134 Å². The van der Waals surface area contributed by atoms with Gasteiger partial charge in [-0.3, -0.25) is 13.8 Å². The molecule has 0 spiro atoms. The quantitative estimate of drug-likeness (QED) is 0.914. The number of aromatic nitrogens is 3. The number of hydrogen-bond acceptors (Lipinski definition) is 5. The second kappa shape index (κ2) is 5.34. The molecule has 0 saturated heterocycles. The van der Waals surface area contributed by atoms with E-state index in [0.29, 0.717) is 5.69 Å². The normalized spacial score (nSPS) is 18.0. The van der Waals surface area contributed by atoms with Crippen LogP contribution in [0.5, 0.6) is 0 Å². The van der Waals surface area contributed by atoms with E-state index in [9.17, 15) is 13.2 Å². The van der Waals surface area contributed by atoms with E-state index in [1.165, 1.54) is 25.5 Å². The second-order valence-electron chi connectivity index (χ2n) is 5.59. The molecular weight excluding hydrogens is 318 g/mol. The molecule has 3 heterocycles. The van der Waals surface area contributed by atoms with E-state index in [1.807, 2.05) is 13.8 Å². The average Bonchev–Trinajstić information content (AvgIpc) is 2.99. The molecule has 1 amide bonds. The van der Waals surface area contributed by atoms with Gasteiger partial charge in [-0.15, -0.1) is 0 Å². The Morgan fingerprint density at radius 3 is 2.74 bits per heavy atom. The zero-order valence-electron chi connectivity index (χ0n) is 13.0. The van der Waals surface area contributed by atoms with Crippen molar-refractivity contribution in [3.05, 3.63) is 30.7 Å². The third-order valence-electron chi connectivity index (χ3n) is 3.66. The molecule has 9 heteroatoms. The number of hydrogen-bond donors (Lipinski definition) is 1. The van der Waals surface area contributed by atoms with Crippen LogP contribution < -0.4 is 9.62 Å². The number of sulfonamides is 1. The van der Waals surface area contributed by atoms with Crippen LogP contribution in [-0.4, -0.2) is 35.1 Å². The van der Waals surface area contributed by atoms with Crippen molar-refractivity contribution < 1.29 is 13.2 Å². The number of amides is 1. The highest BCUT2D eigenvalue weighted by Crippen LogP contribution is 2.34. The van der Waals surface area contributed by atoms with Gasteiger partial charge in [-0.25, -0.2) is 13.4 Å². The first-order valence-corrected chi connectivity index (χ1v) is 8.61. The number of rotatable bonds is 3. The Kier molecular flexibility index (Phi) is 3.59. The number of pyridine rings is 1. The fraction of sp³-hybridized carbons (Fsp3) is 0.357. The van der Waals surface area contributed by atoms with Crippen LogP contribution >= 0.6 is 0 Å². The van der Waals surface area contributed by atoms with Crippen LogP contribution in [-0.2, 0) is 14.8 Å². The molecule has 0 fully saturated rings. The molecule has 1 unspecified atom stereocenters. The molecule has 1 atom stereocenters. The molecule has 2 aromatic heterocycles. The van der Waals surface area contributed by atoms with Crippen molar-refractivity contribution >= 4 is 27.4 Å². The minimum absolute atomic E-state index is 0.0370. The van der Waals surface area contributed by atoms with Crippen LogP contribution in [0.4, 0.5) is 11.5 Å². The first kappa shape index (κ1) is 15.5. The van der Waals surface area contributed by atoms with E-state index in [-0.39, 0.29) is 16.8 Å². The van der Waals surface area contributed by atoms with Crippen molar-refractivity contribution in [2.45, 2.75) is 37.8 Å². The molecule has 0 aliphatic carbocycles. The monoisotopic (exact) mass is 335 g/mol. The van der Waals surface area contributed by atoms with Gasteiger partial charge in [-0.2, -0.15) is 5.10 Å². The van der Waals surface area contributed by atoms with Crippen LogP contribution in [0, 0.1) is 0 Å². The van der Waals surface area contributed by atoms with Gasteiger partial charge in [0.05, 0.1) is 11.9 Å². The summed E-state index contributed by atoms with van der Waals surface area (Å²) in [6.45, 7) is 5.34. The number of anilines is 2. The Bertz CT molecular complexity index is 859. The molecule has 1 aliphatic heterocycles. The predicted octanol–water partition coefficient (Wildman–Crippen LogP) is 1.39. The summed E-state index contributed by atoms with van der Waals surface area (Å²) in [5, 5.41) is 6.68. The third-order valence-corrected chi connectivity index (χ3v) is 5.50.